The van der Waals surface area contributed by atoms with Crippen LogP contribution in [0.1, 0.15) is 36.4 Å². The van der Waals surface area contributed by atoms with Crippen molar-refractivity contribution in [3.63, 3.8) is 0 Å². The van der Waals surface area contributed by atoms with Crippen molar-refractivity contribution in [2.24, 2.45) is 11.7 Å². The van der Waals surface area contributed by atoms with Crippen LogP contribution in [0.25, 0.3) is 0 Å². The van der Waals surface area contributed by atoms with Crippen LogP contribution in [0.2, 0.25) is 0 Å². The lowest BCUT2D eigenvalue weighted by molar-refractivity contribution is 0.259. The molecule has 1 atom stereocenters. The van der Waals surface area contributed by atoms with Gasteiger partial charge in [0.2, 0.25) is 0 Å². The molecule has 0 aliphatic heterocycles. The summed E-state index contributed by atoms with van der Waals surface area (Å²) in [6.07, 6.45) is 3.35. The molecule has 0 saturated heterocycles. The molecule has 1 aromatic carbocycles. The van der Waals surface area contributed by atoms with Crippen molar-refractivity contribution in [3.05, 3.63) is 29.1 Å². The molecule has 1 aliphatic carbocycles. The number of phenols is 1. The average Bonchev–Trinajstić information content (AvgIpc) is 2.11. The molecule has 3 heteroatoms. The van der Waals surface area contributed by atoms with Crippen molar-refractivity contribution in [1.82, 2.24) is 0 Å². The highest BCUT2D eigenvalue weighted by molar-refractivity contribution is 5.40. The fourth-order valence-corrected chi connectivity index (χ4v) is 2.00. The number of aromatic hydroxyl groups is 1. The van der Waals surface area contributed by atoms with Gasteiger partial charge < -0.3 is 10.8 Å². The van der Waals surface area contributed by atoms with Gasteiger partial charge in [-0.1, -0.05) is 18.6 Å². The van der Waals surface area contributed by atoms with Crippen LogP contribution >= 0.6 is 0 Å². The van der Waals surface area contributed by atoms with Crippen molar-refractivity contribution >= 4 is 0 Å². The number of phenolic OH excluding ortho intramolecular Hbond substituents is 1. The van der Waals surface area contributed by atoms with E-state index in [4.69, 9.17) is 5.73 Å². The van der Waals surface area contributed by atoms with Crippen LogP contribution in [0.4, 0.5) is 4.39 Å². The van der Waals surface area contributed by atoms with Crippen molar-refractivity contribution in [2.45, 2.75) is 32.2 Å². The summed E-state index contributed by atoms with van der Waals surface area (Å²) in [6.45, 7) is 1.63. The van der Waals surface area contributed by atoms with Crippen LogP contribution in [0.5, 0.6) is 5.75 Å². The molecule has 2 rings (SSSR count). The van der Waals surface area contributed by atoms with Crippen LogP contribution in [0, 0.1) is 18.7 Å². The molecule has 0 bridgehead atoms. The maximum Gasteiger partial charge on any atom is 0.168 e. The molecule has 0 spiro atoms. The van der Waals surface area contributed by atoms with E-state index in [1.54, 1.807) is 19.1 Å². The Morgan fingerprint density at radius 1 is 1.47 bits per heavy atom. The van der Waals surface area contributed by atoms with Gasteiger partial charge in [0.25, 0.3) is 0 Å². The fraction of sp³-hybridized carbons (Fsp3) is 0.500. The molecule has 0 aromatic heterocycles. The molecule has 1 aromatic rings. The molecule has 0 unspecified atom stereocenters. The molecule has 1 fully saturated rings. The maximum atomic E-state index is 13.4. The molecule has 1 saturated carbocycles. The summed E-state index contributed by atoms with van der Waals surface area (Å²) in [7, 11) is 0. The van der Waals surface area contributed by atoms with Gasteiger partial charge in [-0.2, -0.15) is 0 Å². The molecule has 0 heterocycles. The topological polar surface area (TPSA) is 46.2 Å². The molecule has 15 heavy (non-hydrogen) atoms. The van der Waals surface area contributed by atoms with Crippen LogP contribution < -0.4 is 5.73 Å². The highest BCUT2D eigenvalue weighted by atomic mass is 19.1. The van der Waals surface area contributed by atoms with E-state index in [-0.39, 0.29) is 11.8 Å². The normalized spacial score (nSPS) is 18.6. The van der Waals surface area contributed by atoms with Crippen LogP contribution in [0.3, 0.4) is 0 Å². The predicted molar refractivity (Wildman–Crippen MR) is 57.1 cm³/mol. The zero-order valence-electron chi connectivity index (χ0n) is 8.83. The van der Waals surface area contributed by atoms with Gasteiger partial charge in [0, 0.05) is 11.6 Å². The Morgan fingerprint density at radius 3 is 2.67 bits per heavy atom. The standard InChI is InChI=1S/C12H16FNO/c1-7-5-6-9(12(15)10(7)13)11(14)8-3-2-4-8/h5-6,8,11,15H,2-4,14H2,1H3/t11-/m0/s1. The second-order valence-electron chi connectivity index (χ2n) is 4.35. The summed E-state index contributed by atoms with van der Waals surface area (Å²) in [5.41, 5.74) is 6.99. The summed E-state index contributed by atoms with van der Waals surface area (Å²) in [5, 5.41) is 9.66. The van der Waals surface area contributed by atoms with E-state index in [9.17, 15) is 9.50 Å². The van der Waals surface area contributed by atoms with Gasteiger partial charge in [-0.05, 0) is 31.2 Å². The summed E-state index contributed by atoms with van der Waals surface area (Å²) in [4.78, 5) is 0. The lowest BCUT2D eigenvalue weighted by atomic mass is 9.77. The van der Waals surface area contributed by atoms with E-state index >= 15 is 0 Å². The van der Waals surface area contributed by atoms with Crippen molar-refractivity contribution in [1.29, 1.82) is 0 Å². The van der Waals surface area contributed by atoms with Gasteiger partial charge in [0.05, 0.1) is 0 Å². The fourth-order valence-electron chi connectivity index (χ4n) is 2.00. The van der Waals surface area contributed by atoms with Crippen LogP contribution in [0.15, 0.2) is 12.1 Å². The minimum absolute atomic E-state index is 0.228. The first-order valence-corrected chi connectivity index (χ1v) is 5.35. The number of aryl methyl sites for hydroxylation is 1. The molecular formula is C12H16FNO. The number of hydrogen-bond acceptors (Lipinski definition) is 2. The molecule has 2 nitrogen and oxygen atoms in total. The Balaban J connectivity index is 2.31. The van der Waals surface area contributed by atoms with E-state index < -0.39 is 5.82 Å². The monoisotopic (exact) mass is 209 g/mol. The van der Waals surface area contributed by atoms with Gasteiger partial charge in [0.15, 0.2) is 11.6 Å². The average molecular weight is 209 g/mol. The third-order valence-electron chi connectivity index (χ3n) is 3.36. The van der Waals surface area contributed by atoms with E-state index in [0.29, 0.717) is 17.0 Å². The van der Waals surface area contributed by atoms with Crippen LogP contribution in [-0.4, -0.2) is 5.11 Å². The van der Waals surface area contributed by atoms with Crippen LogP contribution in [-0.2, 0) is 0 Å². The van der Waals surface area contributed by atoms with E-state index in [2.05, 4.69) is 0 Å². The minimum Gasteiger partial charge on any atom is -0.505 e. The van der Waals surface area contributed by atoms with Gasteiger partial charge in [0.1, 0.15) is 0 Å². The Morgan fingerprint density at radius 2 is 2.13 bits per heavy atom. The lowest BCUT2D eigenvalue weighted by Crippen LogP contribution is -2.27. The predicted octanol–water partition coefficient (Wildman–Crippen LogP) is 2.64. The quantitative estimate of drug-likeness (QED) is 0.786. The van der Waals surface area contributed by atoms with E-state index in [1.165, 1.54) is 6.42 Å². The van der Waals surface area contributed by atoms with E-state index in [0.717, 1.165) is 12.8 Å². The largest absolute Gasteiger partial charge is 0.505 e. The third kappa shape index (κ3) is 1.72. The highest BCUT2D eigenvalue weighted by Gasteiger charge is 2.28. The van der Waals surface area contributed by atoms with Crippen molar-refractivity contribution in [3.8, 4) is 5.75 Å². The number of hydrogen-bond donors (Lipinski definition) is 2. The maximum absolute atomic E-state index is 13.4. The molecule has 3 N–H and O–H groups in total. The molecule has 82 valence electrons. The number of rotatable bonds is 2. The zero-order chi connectivity index (χ0) is 11.0. The first kappa shape index (κ1) is 10.4. The Labute approximate surface area is 88.9 Å². The summed E-state index contributed by atoms with van der Waals surface area (Å²) < 4.78 is 13.4. The van der Waals surface area contributed by atoms with E-state index in [1.807, 2.05) is 0 Å². The Kier molecular flexibility index (Phi) is 2.65. The van der Waals surface area contributed by atoms with Crippen molar-refractivity contribution < 1.29 is 9.50 Å². The third-order valence-corrected chi connectivity index (χ3v) is 3.36. The molecule has 1 aliphatic rings. The van der Waals surface area contributed by atoms with Gasteiger partial charge in [-0.15, -0.1) is 0 Å². The second-order valence-corrected chi connectivity index (χ2v) is 4.35. The first-order chi connectivity index (χ1) is 7.11. The Hall–Kier alpha value is -1.09. The first-order valence-electron chi connectivity index (χ1n) is 5.35. The second kappa shape index (κ2) is 3.81. The summed E-state index contributed by atoms with van der Waals surface area (Å²) in [6, 6.07) is 3.17. The number of halogens is 1. The lowest BCUT2D eigenvalue weighted by Gasteiger charge is -2.31. The zero-order valence-corrected chi connectivity index (χ0v) is 8.83. The summed E-state index contributed by atoms with van der Waals surface area (Å²) >= 11 is 0. The number of benzene rings is 1. The summed E-state index contributed by atoms with van der Waals surface area (Å²) in [5.74, 6) is -0.408. The minimum atomic E-state index is -0.540. The SMILES string of the molecule is Cc1ccc([C@@H](N)C2CCC2)c(O)c1F. The van der Waals surface area contributed by atoms with Crippen molar-refractivity contribution in [2.75, 3.05) is 0 Å². The van der Waals surface area contributed by atoms with Gasteiger partial charge in [-0.3, -0.25) is 0 Å². The van der Waals surface area contributed by atoms with Gasteiger partial charge >= 0.3 is 0 Å². The Bertz CT molecular complexity index is 374. The van der Waals surface area contributed by atoms with Gasteiger partial charge in [-0.25, -0.2) is 4.39 Å². The smallest absolute Gasteiger partial charge is 0.168 e. The molecular weight excluding hydrogens is 193 g/mol. The number of nitrogens with two attached hydrogens (primary N) is 1. The molecule has 0 amide bonds. The highest BCUT2D eigenvalue weighted by Crippen LogP contribution is 2.39. The molecule has 0 radical (unpaired) electrons.